The highest BCUT2D eigenvalue weighted by Crippen LogP contribution is 2.31. The molecule has 0 radical (unpaired) electrons. The molecule has 1 aromatic heterocycles. The maximum atomic E-state index is 12.7. The van der Waals surface area contributed by atoms with Crippen molar-refractivity contribution in [1.82, 2.24) is 9.29 Å². The van der Waals surface area contributed by atoms with Gasteiger partial charge < -0.3 is 9.47 Å². The van der Waals surface area contributed by atoms with Crippen molar-refractivity contribution < 1.29 is 31.1 Å². The minimum atomic E-state index is -4.57. The van der Waals surface area contributed by atoms with Gasteiger partial charge in [0, 0.05) is 6.07 Å². The summed E-state index contributed by atoms with van der Waals surface area (Å²) in [4.78, 5) is 3.43. The van der Waals surface area contributed by atoms with E-state index < -0.39 is 28.0 Å². The van der Waals surface area contributed by atoms with Crippen molar-refractivity contribution in [1.29, 1.82) is 0 Å². The van der Waals surface area contributed by atoms with Crippen LogP contribution in [0.15, 0.2) is 47.4 Å². The molecule has 0 bridgehead atoms. The molecule has 0 amide bonds. The molecule has 0 unspecified atom stereocenters. The van der Waals surface area contributed by atoms with Gasteiger partial charge in [0.25, 0.3) is 0 Å². The van der Waals surface area contributed by atoms with Crippen LogP contribution >= 0.6 is 0 Å². The Hall–Kier alpha value is -2.33. The van der Waals surface area contributed by atoms with Crippen molar-refractivity contribution >= 4 is 10.0 Å². The maximum absolute atomic E-state index is 12.7. The molecule has 1 saturated heterocycles. The van der Waals surface area contributed by atoms with Crippen LogP contribution in [-0.2, 0) is 16.2 Å². The highest BCUT2D eigenvalue weighted by atomic mass is 32.2. The molecule has 0 aliphatic carbocycles. The largest absolute Gasteiger partial charge is 0.495 e. The van der Waals surface area contributed by atoms with E-state index in [1.807, 2.05) is 0 Å². The van der Waals surface area contributed by atoms with Gasteiger partial charge in [-0.15, -0.1) is 0 Å². The van der Waals surface area contributed by atoms with Crippen molar-refractivity contribution in [2.75, 3.05) is 20.2 Å². The summed E-state index contributed by atoms with van der Waals surface area (Å²) in [5, 5.41) is 0. The minimum Gasteiger partial charge on any atom is -0.495 e. The van der Waals surface area contributed by atoms with E-state index in [0.29, 0.717) is 0 Å². The normalized spacial score (nSPS) is 16.2. The van der Waals surface area contributed by atoms with E-state index in [2.05, 4.69) is 4.98 Å². The zero-order chi connectivity index (χ0) is 18.9. The number of hydrogen-bond donors (Lipinski definition) is 0. The van der Waals surface area contributed by atoms with Gasteiger partial charge in [-0.25, -0.2) is 13.4 Å². The highest BCUT2D eigenvalue weighted by molar-refractivity contribution is 7.89. The number of halogens is 3. The number of ether oxygens (including phenoxy) is 2. The fourth-order valence-corrected chi connectivity index (χ4v) is 4.11. The molecule has 0 atom stereocenters. The highest BCUT2D eigenvalue weighted by Gasteiger charge is 2.40. The molecule has 2 heterocycles. The fourth-order valence-electron chi connectivity index (χ4n) is 2.45. The lowest BCUT2D eigenvalue weighted by atomic mass is 10.2. The second kappa shape index (κ2) is 6.76. The summed E-state index contributed by atoms with van der Waals surface area (Å²) in [7, 11) is -2.40. The van der Waals surface area contributed by atoms with Gasteiger partial charge in [-0.05, 0) is 18.2 Å². The number of nitrogens with zero attached hydrogens (tertiary/aromatic N) is 2. The molecule has 140 valence electrons. The second-order valence-electron chi connectivity index (χ2n) is 5.57. The Labute approximate surface area is 148 Å². The van der Waals surface area contributed by atoms with E-state index in [4.69, 9.17) is 9.47 Å². The summed E-state index contributed by atoms with van der Waals surface area (Å²) in [6.07, 6.45) is -5.14. The van der Waals surface area contributed by atoms with Crippen LogP contribution in [0, 0.1) is 0 Å². The number of methoxy groups -OCH3 is 1. The number of benzene rings is 1. The van der Waals surface area contributed by atoms with Gasteiger partial charge in [-0.1, -0.05) is 18.2 Å². The molecular weight excluding hydrogens is 373 g/mol. The lowest BCUT2D eigenvalue weighted by molar-refractivity contribution is -0.141. The smallest absolute Gasteiger partial charge is 0.433 e. The molecule has 2 aromatic rings. The lowest BCUT2D eigenvalue weighted by Gasteiger charge is -2.37. The van der Waals surface area contributed by atoms with E-state index in [1.165, 1.54) is 35.7 Å². The van der Waals surface area contributed by atoms with E-state index in [9.17, 15) is 21.6 Å². The van der Waals surface area contributed by atoms with E-state index in [0.717, 1.165) is 6.07 Å². The average Bonchev–Trinajstić information content (AvgIpc) is 2.57. The number of sulfonamides is 1. The third kappa shape index (κ3) is 3.61. The molecule has 1 aromatic carbocycles. The van der Waals surface area contributed by atoms with Gasteiger partial charge in [0.1, 0.15) is 22.4 Å². The van der Waals surface area contributed by atoms with Crippen LogP contribution in [0.2, 0.25) is 0 Å². The SMILES string of the molecule is COc1ccccc1S(=O)(=O)N1CC(Oc2cccc(C(F)(F)F)n2)C1. The van der Waals surface area contributed by atoms with Crippen LogP contribution in [0.25, 0.3) is 0 Å². The quantitative estimate of drug-likeness (QED) is 0.788. The van der Waals surface area contributed by atoms with Gasteiger partial charge in [0.2, 0.25) is 15.9 Å². The van der Waals surface area contributed by atoms with Crippen LogP contribution in [0.3, 0.4) is 0 Å². The van der Waals surface area contributed by atoms with E-state index >= 15 is 0 Å². The summed E-state index contributed by atoms with van der Waals surface area (Å²) in [5.41, 5.74) is -1.06. The first-order chi connectivity index (χ1) is 12.2. The number of alkyl halides is 3. The summed E-state index contributed by atoms with van der Waals surface area (Å²) >= 11 is 0. The van der Waals surface area contributed by atoms with Gasteiger partial charge in [0.15, 0.2) is 0 Å². The molecule has 10 heteroatoms. The van der Waals surface area contributed by atoms with Gasteiger partial charge in [-0.2, -0.15) is 17.5 Å². The topological polar surface area (TPSA) is 68.7 Å². The maximum Gasteiger partial charge on any atom is 0.433 e. The molecule has 3 rings (SSSR count). The number of hydrogen-bond acceptors (Lipinski definition) is 5. The van der Waals surface area contributed by atoms with Gasteiger partial charge in [0.05, 0.1) is 20.2 Å². The first kappa shape index (κ1) is 18.5. The Kier molecular flexibility index (Phi) is 4.80. The van der Waals surface area contributed by atoms with Gasteiger partial charge in [-0.3, -0.25) is 0 Å². The molecule has 0 saturated carbocycles. The second-order valence-corrected chi connectivity index (χ2v) is 7.48. The number of para-hydroxylation sites is 1. The molecule has 0 spiro atoms. The average molecular weight is 388 g/mol. The Bertz CT molecular complexity index is 896. The van der Waals surface area contributed by atoms with Crippen molar-refractivity contribution in [2.24, 2.45) is 0 Å². The predicted octanol–water partition coefficient (Wildman–Crippen LogP) is 2.56. The number of aromatic nitrogens is 1. The Balaban J connectivity index is 1.68. The predicted molar refractivity (Wildman–Crippen MR) is 85.4 cm³/mol. The Morgan fingerprint density at radius 3 is 2.46 bits per heavy atom. The molecule has 1 aliphatic rings. The van der Waals surface area contributed by atoms with Crippen molar-refractivity contribution in [3.8, 4) is 11.6 Å². The first-order valence-electron chi connectivity index (χ1n) is 7.56. The molecule has 6 nitrogen and oxygen atoms in total. The fraction of sp³-hybridized carbons (Fsp3) is 0.312. The monoisotopic (exact) mass is 388 g/mol. The molecule has 0 N–H and O–H groups in total. The third-order valence-electron chi connectivity index (χ3n) is 3.80. The minimum absolute atomic E-state index is 0.0122. The van der Waals surface area contributed by atoms with Crippen molar-refractivity contribution in [2.45, 2.75) is 17.2 Å². The van der Waals surface area contributed by atoms with E-state index in [1.54, 1.807) is 12.1 Å². The number of pyridine rings is 1. The zero-order valence-corrected chi connectivity index (χ0v) is 14.4. The molecule has 1 aliphatic heterocycles. The molecule has 1 fully saturated rings. The van der Waals surface area contributed by atoms with Crippen LogP contribution in [0.5, 0.6) is 11.6 Å². The van der Waals surface area contributed by atoms with Crippen LogP contribution in [-0.4, -0.2) is 44.0 Å². The Morgan fingerprint density at radius 2 is 1.81 bits per heavy atom. The summed E-state index contributed by atoms with van der Waals surface area (Å²) in [6, 6.07) is 9.52. The Morgan fingerprint density at radius 1 is 1.12 bits per heavy atom. The lowest BCUT2D eigenvalue weighted by Crippen LogP contribution is -2.56. The van der Waals surface area contributed by atoms with E-state index in [-0.39, 0.29) is 29.6 Å². The first-order valence-corrected chi connectivity index (χ1v) is 9.00. The van der Waals surface area contributed by atoms with Gasteiger partial charge >= 0.3 is 6.18 Å². The van der Waals surface area contributed by atoms with Crippen molar-refractivity contribution in [3.63, 3.8) is 0 Å². The van der Waals surface area contributed by atoms with Crippen LogP contribution in [0.4, 0.5) is 13.2 Å². The summed E-state index contributed by atoms with van der Waals surface area (Å²) in [6.45, 7) is 0.0244. The number of rotatable bonds is 5. The standard InChI is InChI=1S/C16H15F3N2O4S/c1-24-12-5-2-3-6-13(12)26(22,23)21-9-11(10-21)25-15-8-4-7-14(20-15)16(17,18)19/h2-8,11H,9-10H2,1H3. The third-order valence-corrected chi connectivity index (χ3v) is 5.67. The van der Waals surface area contributed by atoms with Crippen LogP contribution in [0.1, 0.15) is 5.69 Å². The summed E-state index contributed by atoms with van der Waals surface area (Å²) in [5.74, 6) is 0.0237. The zero-order valence-electron chi connectivity index (χ0n) is 13.6. The summed E-state index contributed by atoms with van der Waals surface area (Å²) < 4.78 is 74.8. The molecular formula is C16H15F3N2O4S. The van der Waals surface area contributed by atoms with Crippen LogP contribution < -0.4 is 9.47 Å². The molecule has 26 heavy (non-hydrogen) atoms. The van der Waals surface area contributed by atoms with Crippen molar-refractivity contribution in [3.05, 3.63) is 48.2 Å².